The van der Waals surface area contributed by atoms with Crippen molar-refractivity contribution in [3.63, 3.8) is 0 Å². The van der Waals surface area contributed by atoms with Crippen LogP contribution in [-0.2, 0) is 16.6 Å². The third-order valence-corrected chi connectivity index (χ3v) is 4.58. The molecule has 0 fully saturated rings. The maximum absolute atomic E-state index is 12.4. The second-order valence-electron chi connectivity index (χ2n) is 4.92. The number of nitrogens with zero attached hydrogens (tertiary/aromatic N) is 2. The highest BCUT2D eigenvalue weighted by atomic mass is 32.2. The number of hydrogen-bond donors (Lipinski definition) is 2. The third-order valence-electron chi connectivity index (χ3n) is 2.80. The lowest BCUT2D eigenvalue weighted by Crippen LogP contribution is -2.34. The van der Waals surface area contributed by atoms with Crippen molar-refractivity contribution in [1.29, 1.82) is 0 Å². The molecule has 1 rings (SSSR count). The van der Waals surface area contributed by atoms with E-state index in [4.69, 9.17) is 5.11 Å². The Balaban J connectivity index is 2.90. The predicted octanol–water partition coefficient (Wildman–Crippen LogP) is 0.749. The van der Waals surface area contributed by atoms with Crippen LogP contribution in [0.2, 0.25) is 0 Å². The van der Waals surface area contributed by atoms with Crippen LogP contribution in [0.15, 0.2) is 36.0 Å². The smallest absolute Gasteiger partial charge is 0.260 e. The van der Waals surface area contributed by atoms with Crippen LogP contribution in [-0.4, -0.2) is 48.6 Å². The number of nitrogens with one attached hydrogen (secondary N) is 1. The maximum atomic E-state index is 12.4. The van der Waals surface area contributed by atoms with Gasteiger partial charge in [0.05, 0.1) is 6.61 Å². The average Bonchev–Trinajstić information content (AvgIpc) is 2.45. The van der Waals surface area contributed by atoms with Crippen molar-refractivity contribution < 1.29 is 13.5 Å². The molecule has 0 aromatic carbocycles. The normalized spacial score (nSPS) is 12.0. The zero-order valence-electron chi connectivity index (χ0n) is 12.5. The Kier molecular flexibility index (Phi) is 6.97. The number of aliphatic hydroxyl groups is 1. The van der Waals surface area contributed by atoms with Gasteiger partial charge >= 0.3 is 0 Å². The Hall–Kier alpha value is -1.28. The molecule has 0 aliphatic carbocycles. The first-order valence-electron chi connectivity index (χ1n) is 6.82. The van der Waals surface area contributed by atoms with Crippen molar-refractivity contribution in [1.82, 2.24) is 14.6 Å². The largest absolute Gasteiger partial charge is 0.395 e. The van der Waals surface area contributed by atoms with Gasteiger partial charge in [-0.1, -0.05) is 26.0 Å². The number of pyridine rings is 1. The highest BCUT2D eigenvalue weighted by Gasteiger charge is 2.24. The highest BCUT2D eigenvalue weighted by molar-refractivity contribution is 7.89. The minimum absolute atomic E-state index is 0.0205. The first kappa shape index (κ1) is 17.8. The van der Waals surface area contributed by atoms with E-state index in [-0.39, 0.29) is 24.7 Å². The lowest BCUT2D eigenvalue weighted by molar-refractivity contribution is 0.260. The Morgan fingerprint density at radius 1 is 1.48 bits per heavy atom. The van der Waals surface area contributed by atoms with E-state index in [9.17, 15) is 8.42 Å². The van der Waals surface area contributed by atoms with E-state index in [0.29, 0.717) is 12.6 Å². The molecule has 0 spiro atoms. The van der Waals surface area contributed by atoms with Crippen LogP contribution in [0, 0.1) is 0 Å². The van der Waals surface area contributed by atoms with E-state index in [1.165, 1.54) is 12.1 Å². The summed E-state index contributed by atoms with van der Waals surface area (Å²) in [5, 5.41) is 12.2. The van der Waals surface area contributed by atoms with Crippen molar-refractivity contribution in [2.45, 2.75) is 31.5 Å². The maximum Gasteiger partial charge on any atom is 0.260 e. The minimum Gasteiger partial charge on any atom is -0.395 e. The molecular weight excluding hydrogens is 290 g/mol. The Labute approximate surface area is 126 Å². The average molecular weight is 313 g/mol. The molecule has 2 N–H and O–H groups in total. The molecule has 0 saturated carbocycles. The summed E-state index contributed by atoms with van der Waals surface area (Å²) in [6.07, 6.45) is 3.03. The molecule has 1 aromatic heterocycles. The number of sulfonamides is 1. The summed E-state index contributed by atoms with van der Waals surface area (Å²) in [7, 11) is -3.70. The molecule has 7 heteroatoms. The summed E-state index contributed by atoms with van der Waals surface area (Å²) in [5.74, 6) is 0. The topological polar surface area (TPSA) is 82.5 Å². The number of hydrogen-bond acceptors (Lipinski definition) is 5. The van der Waals surface area contributed by atoms with Crippen molar-refractivity contribution in [2.75, 3.05) is 19.7 Å². The lowest BCUT2D eigenvalue weighted by atomic mass is 10.2. The molecule has 1 aromatic rings. The van der Waals surface area contributed by atoms with Gasteiger partial charge in [-0.2, -0.15) is 4.31 Å². The van der Waals surface area contributed by atoms with E-state index in [0.717, 1.165) is 9.87 Å². The molecule has 1 heterocycles. The van der Waals surface area contributed by atoms with Gasteiger partial charge in [0.25, 0.3) is 10.0 Å². The monoisotopic (exact) mass is 313 g/mol. The van der Waals surface area contributed by atoms with E-state index in [1.54, 1.807) is 12.3 Å². The van der Waals surface area contributed by atoms with Crippen LogP contribution < -0.4 is 5.32 Å². The van der Waals surface area contributed by atoms with Crippen LogP contribution in [0.25, 0.3) is 0 Å². The Morgan fingerprint density at radius 3 is 2.67 bits per heavy atom. The molecule has 21 heavy (non-hydrogen) atoms. The number of rotatable bonds is 9. The molecule has 6 nitrogen and oxygen atoms in total. The second-order valence-corrected chi connectivity index (χ2v) is 6.80. The first-order chi connectivity index (χ1) is 9.91. The molecule has 0 amide bonds. The highest BCUT2D eigenvalue weighted by Crippen LogP contribution is 2.13. The van der Waals surface area contributed by atoms with Crippen LogP contribution >= 0.6 is 0 Å². The van der Waals surface area contributed by atoms with Crippen LogP contribution in [0.3, 0.4) is 0 Å². The summed E-state index contributed by atoms with van der Waals surface area (Å²) in [4.78, 5) is 4.03. The van der Waals surface area contributed by atoms with E-state index < -0.39 is 10.0 Å². The number of aliphatic hydroxyl groups excluding tert-OH is 1. The van der Waals surface area contributed by atoms with Gasteiger partial charge < -0.3 is 10.4 Å². The van der Waals surface area contributed by atoms with Gasteiger partial charge in [0.1, 0.15) is 0 Å². The van der Waals surface area contributed by atoms with Crippen molar-refractivity contribution in [3.8, 4) is 0 Å². The molecule has 0 saturated heterocycles. The summed E-state index contributed by atoms with van der Waals surface area (Å²) < 4.78 is 25.9. The van der Waals surface area contributed by atoms with E-state index >= 15 is 0 Å². The summed E-state index contributed by atoms with van der Waals surface area (Å²) in [6, 6.07) is 3.57. The Morgan fingerprint density at radius 2 is 2.19 bits per heavy atom. The van der Waals surface area contributed by atoms with Gasteiger partial charge in [0, 0.05) is 31.9 Å². The molecule has 0 bridgehead atoms. The van der Waals surface area contributed by atoms with Gasteiger partial charge in [-0.3, -0.25) is 0 Å². The fourth-order valence-electron chi connectivity index (χ4n) is 1.69. The standard InChI is InChI=1S/C14H23N3O3S/c1-4-7-17(8-9-18)21(19,20)14-6-5-13(11-16-14)10-15-12(2)3/h4-6,11-12,15,18H,1,7-10H2,2-3H3. The van der Waals surface area contributed by atoms with Gasteiger partial charge in [-0.15, -0.1) is 6.58 Å². The van der Waals surface area contributed by atoms with Crippen LogP contribution in [0.1, 0.15) is 19.4 Å². The number of aromatic nitrogens is 1. The molecule has 0 aliphatic rings. The fraction of sp³-hybridized carbons (Fsp3) is 0.500. The third kappa shape index (κ3) is 5.20. The lowest BCUT2D eigenvalue weighted by Gasteiger charge is -2.19. The summed E-state index contributed by atoms with van der Waals surface area (Å²) in [5.41, 5.74) is 0.917. The Bertz CT molecular complexity index is 541. The minimum atomic E-state index is -3.70. The van der Waals surface area contributed by atoms with Gasteiger partial charge in [0.2, 0.25) is 0 Å². The molecule has 0 aliphatic heterocycles. The molecule has 0 radical (unpaired) electrons. The fourth-order valence-corrected chi connectivity index (χ4v) is 3.00. The predicted molar refractivity (Wildman–Crippen MR) is 82.3 cm³/mol. The van der Waals surface area contributed by atoms with E-state index in [2.05, 4.69) is 16.9 Å². The SMILES string of the molecule is C=CCN(CCO)S(=O)(=O)c1ccc(CNC(C)C)cn1. The quantitative estimate of drug-likeness (QED) is 0.657. The molecule has 0 unspecified atom stereocenters. The summed E-state index contributed by atoms with van der Waals surface area (Å²) in [6.45, 7) is 8.15. The van der Waals surface area contributed by atoms with Crippen molar-refractivity contribution in [3.05, 3.63) is 36.5 Å². The molecular formula is C14H23N3O3S. The van der Waals surface area contributed by atoms with Crippen molar-refractivity contribution in [2.24, 2.45) is 0 Å². The van der Waals surface area contributed by atoms with Crippen LogP contribution in [0.5, 0.6) is 0 Å². The zero-order valence-corrected chi connectivity index (χ0v) is 13.3. The van der Waals surface area contributed by atoms with E-state index in [1.807, 2.05) is 13.8 Å². The van der Waals surface area contributed by atoms with Gasteiger partial charge in [-0.05, 0) is 11.6 Å². The van der Waals surface area contributed by atoms with Crippen LogP contribution in [0.4, 0.5) is 0 Å². The van der Waals surface area contributed by atoms with Gasteiger partial charge in [0.15, 0.2) is 5.03 Å². The second kappa shape index (κ2) is 8.23. The zero-order chi connectivity index (χ0) is 15.9. The molecule has 118 valence electrons. The molecule has 0 atom stereocenters. The van der Waals surface area contributed by atoms with Gasteiger partial charge in [-0.25, -0.2) is 13.4 Å². The van der Waals surface area contributed by atoms with Crippen molar-refractivity contribution >= 4 is 10.0 Å². The summed E-state index contributed by atoms with van der Waals surface area (Å²) >= 11 is 0. The first-order valence-corrected chi connectivity index (χ1v) is 8.26.